The molecule has 0 amide bonds. The van der Waals surface area contributed by atoms with Gasteiger partial charge in [-0.15, -0.1) is 16.4 Å². The molecule has 1 aliphatic rings. The summed E-state index contributed by atoms with van der Waals surface area (Å²) in [6.07, 6.45) is 6.24. The molecular weight excluding hydrogens is 436 g/mol. The molecule has 1 fully saturated rings. The summed E-state index contributed by atoms with van der Waals surface area (Å²) in [7, 11) is 0. The van der Waals surface area contributed by atoms with Crippen LogP contribution in [0.1, 0.15) is 35.7 Å². The van der Waals surface area contributed by atoms with Gasteiger partial charge in [0.05, 0.1) is 22.4 Å². The van der Waals surface area contributed by atoms with E-state index in [1.54, 1.807) is 28.4 Å². The normalized spacial score (nSPS) is 15.7. The number of benzene rings is 1. The standard InChI is InChI=1S/C20H19ClN8OS/c21-15-10-22-20(23-11-15)28-8-6-14(7-9-28)18-25-17(12-31-18)19(29-13-24-26-27-29)30-16-4-2-1-3-5-16/h1-5,10-14,19H,6-9H2. The third kappa shape index (κ3) is 4.49. The largest absolute Gasteiger partial charge is 0.463 e. The molecule has 1 unspecified atom stereocenters. The summed E-state index contributed by atoms with van der Waals surface area (Å²) in [5.41, 5.74) is 0.791. The van der Waals surface area contributed by atoms with Crippen LogP contribution in [0.3, 0.4) is 0 Å². The van der Waals surface area contributed by atoms with E-state index in [-0.39, 0.29) is 0 Å². The maximum absolute atomic E-state index is 6.16. The summed E-state index contributed by atoms with van der Waals surface area (Å²) >= 11 is 7.55. The van der Waals surface area contributed by atoms with Crippen molar-refractivity contribution < 1.29 is 4.74 Å². The summed E-state index contributed by atoms with van der Waals surface area (Å²) in [6.45, 7) is 1.75. The van der Waals surface area contributed by atoms with E-state index in [1.165, 1.54) is 6.33 Å². The number of piperidine rings is 1. The van der Waals surface area contributed by atoms with Crippen molar-refractivity contribution in [3.8, 4) is 5.75 Å². The molecule has 0 radical (unpaired) electrons. The van der Waals surface area contributed by atoms with Crippen LogP contribution in [0.5, 0.6) is 5.75 Å². The molecule has 11 heteroatoms. The van der Waals surface area contributed by atoms with E-state index in [0.29, 0.717) is 10.9 Å². The van der Waals surface area contributed by atoms with Gasteiger partial charge in [-0.05, 0) is 35.4 Å². The number of rotatable bonds is 6. The summed E-state index contributed by atoms with van der Waals surface area (Å²) < 4.78 is 7.73. The highest BCUT2D eigenvalue weighted by Gasteiger charge is 2.27. The molecule has 1 aliphatic heterocycles. The second-order valence-corrected chi connectivity index (χ2v) is 8.47. The lowest BCUT2D eigenvalue weighted by atomic mass is 9.98. The lowest BCUT2D eigenvalue weighted by Gasteiger charge is -2.31. The Bertz CT molecular complexity index is 1100. The highest BCUT2D eigenvalue weighted by Crippen LogP contribution is 2.33. The van der Waals surface area contributed by atoms with Crippen LogP contribution >= 0.6 is 22.9 Å². The average Bonchev–Trinajstić information content (AvgIpc) is 3.52. The molecule has 0 aliphatic carbocycles. The Morgan fingerprint density at radius 3 is 2.58 bits per heavy atom. The van der Waals surface area contributed by atoms with Crippen molar-refractivity contribution in [2.75, 3.05) is 18.0 Å². The van der Waals surface area contributed by atoms with Crippen molar-refractivity contribution in [3.05, 3.63) is 70.2 Å². The van der Waals surface area contributed by atoms with E-state index in [4.69, 9.17) is 21.3 Å². The van der Waals surface area contributed by atoms with Gasteiger partial charge in [-0.3, -0.25) is 0 Å². The molecular formula is C20H19ClN8OS. The fourth-order valence-electron chi connectivity index (χ4n) is 3.55. The molecule has 0 bridgehead atoms. The molecule has 1 aromatic carbocycles. The molecule has 1 saturated heterocycles. The van der Waals surface area contributed by atoms with Crippen LogP contribution in [-0.2, 0) is 0 Å². The number of hydrogen-bond acceptors (Lipinski definition) is 9. The molecule has 5 rings (SSSR count). The molecule has 1 atom stereocenters. The number of tetrazole rings is 1. The Hall–Kier alpha value is -3.11. The maximum Gasteiger partial charge on any atom is 0.238 e. The minimum atomic E-state index is -0.523. The average molecular weight is 455 g/mol. The molecule has 158 valence electrons. The molecule has 0 N–H and O–H groups in total. The van der Waals surface area contributed by atoms with Gasteiger partial charge in [-0.25, -0.2) is 15.0 Å². The van der Waals surface area contributed by atoms with Crippen LogP contribution in [0.4, 0.5) is 5.95 Å². The Morgan fingerprint density at radius 2 is 1.87 bits per heavy atom. The van der Waals surface area contributed by atoms with Crippen molar-refractivity contribution in [3.63, 3.8) is 0 Å². The second-order valence-electron chi connectivity index (χ2n) is 7.15. The first kappa shape index (κ1) is 19.8. The first-order chi connectivity index (χ1) is 15.3. The Labute approximate surface area is 187 Å². The van der Waals surface area contributed by atoms with Gasteiger partial charge in [0, 0.05) is 24.4 Å². The molecule has 0 spiro atoms. The van der Waals surface area contributed by atoms with Crippen LogP contribution in [-0.4, -0.2) is 48.2 Å². The summed E-state index contributed by atoms with van der Waals surface area (Å²) in [6, 6.07) is 9.60. The first-order valence-corrected chi connectivity index (χ1v) is 11.1. The number of hydrogen-bond donors (Lipinski definition) is 0. The molecule has 4 aromatic rings. The summed E-state index contributed by atoms with van der Waals surface area (Å²) in [5, 5.41) is 15.2. The number of thiazole rings is 1. The third-order valence-electron chi connectivity index (χ3n) is 5.12. The number of aromatic nitrogens is 7. The lowest BCUT2D eigenvalue weighted by molar-refractivity contribution is 0.152. The van der Waals surface area contributed by atoms with Crippen LogP contribution in [0.15, 0.2) is 54.4 Å². The van der Waals surface area contributed by atoms with Gasteiger partial charge in [0.2, 0.25) is 12.2 Å². The van der Waals surface area contributed by atoms with Crippen molar-refractivity contribution in [1.29, 1.82) is 0 Å². The van der Waals surface area contributed by atoms with Crippen LogP contribution in [0.25, 0.3) is 0 Å². The van der Waals surface area contributed by atoms with Gasteiger partial charge in [0.15, 0.2) is 0 Å². The quantitative estimate of drug-likeness (QED) is 0.436. The van der Waals surface area contributed by atoms with Crippen molar-refractivity contribution in [2.45, 2.75) is 25.0 Å². The SMILES string of the molecule is Clc1cnc(N2CCC(c3nc(C(Oc4ccccc4)n4cnnn4)cs3)CC2)nc1. The summed E-state index contributed by atoms with van der Waals surface area (Å²) in [5.74, 6) is 1.83. The van der Waals surface area contributed by atoms with Crippen molar-refractivity contribution in [2.24, 2.45) is 0 Å². The predicted molar refractivity (Wildman–Crippen MR) is 116 cm³/mol. The third-order valence-corrected chi connectivity index (χ3v) is 6.34. The van der Waals surface area contributed by atoms with Gasteiger partial charge in [-0.1, -0.05) is 29.8 Å². The first-order valence-electron chi connectivity index (χ1n) is 9.88. The van der Waals surface area contributed by atoms with Gasteiger partial charge < -0.3 is 9.64 Å². The minimum Gasteiger partial charge on any atom is -0.463 e. The molecule has 4 heterocycles. The van der Waals surface area contributed by atoms with Gasteiger partial charge in [0.25, 0.3) is 0 Å². The minimum absolute atomic E-state index is 0.383. The van der Waals surface area contributed by atoms with Crippen LogP contribution < -0.4 is 9.64 Å². The maximum atomic E-state index is 6.16. The van der Waals surface area contributed by atoms with E-state index < -0.39 is 6.23 Å². The van der Waals surface area contributed by atoms with Gasteiger partial charge >= 0.3 is 0 Å². The smallest absolute Gasteiger partial charge is 0.238 e. The highest BCUT2D eigenvalue weighted by molar-refractivity contribution is 7.09. The monoisotopic (exact) mass is 454 g/mol. The van der Waals surface area contributed by atoms with Gasteiger partial charge in [-0.2, -0.15) is 4.68 Å². The molecule has 9 nitrogen and oxygen atoms in total. The van der Waals surface area contributed by atoms with E-state index in [0.717, 1.165) is 48.3 Å². The van der Waals surface area contributed by atoms with Crippen LogP contribution in [0.2, 0.25) is 5.02 Å². The fourth-order valence-corrected chi connectivity index (χ4v) is 4.64. The number of halogens is 1. The zero-order chi connectivity index (χ0) is 21.0. The second kappa shape index (κ2) is 8.94. The topological polar surface area (TPSA) is 94.7 Å². The Balaban J connectivity index is 1.30. The number of anilines is 1. The van der Waals surface area contributed by atoms with Gasteiger partial charge in [0.1, 0.15) is 17.8 Å². The van der Waals surface area contributed by atoms with Crippen LogP contribution in [0, 0.1) is 0 Å². The fraction of sp³-hybridized carbons (Fsp3) is 0.300. The molecule has 3 aromatic heterocycles. The van der Waals surface area contributed by atoms with E-state index in [2.05, 4.69) is 30.4 Å². The number of nitrogens with zero attached hydrogens (tertiary/aromatic N) is 8. The Morgan fingerprint density at radius 1 is 1.10 bits per heavy atom. The zero-order valence-corrected chi connectivity index (χ0v) is 18.0. The summed E-state index contributed by atoms with van der Waals surface area (Å²) in [4.78, 5) is 15.7. The van der Waals surface area contributed by atoms with E-state index in [9.17, 15) is 0 Å². The number of ether oxygens (including phenoxy) is 1. The zero-order valence-electron chi connectivity index (χ0n) is 16.5. The molecule has 0 saturated carbocycles. The predicted octanol–water partition coefficient (Wildman–Crippen LogP) is 3.58. The van der Waals surface area contributed by atoms with Crippen molar-refractivity contribution >= 4 is 28.9 Å². The molecule has 31 heavy (non-hydrogen) atoms. The lowest BCUT2D eigenvalue weighted by Crippen LogP contribution is -2.34. The van der Waals surface area contributed by atoms with E-state index in [1.807, 2.05) is 35.7 Å². The highest BCUT2D eigenvalue weighted by atomic mass is 35.5. The van der Waals surface area contributed by atoms with Crippen molar-refractivity contribution in [1.82, 2.24) is 35.2 Å². The Kier molecular flexibility index (Phi) is 5.72. The number of para-hydroxylation sites is 1. The van der Waals surface area contributed by atoms with E-state index >= 15 is 0 Å².